The topological polar surface area (TPSA) is 50.7 Å². The molecule has 0 aliphatic carbocycles. The molecule has 0 aliphatic heterocycles. The number of nitrogens with zero attached hydrogens (tertiary/aromatic N) is 1. The molecule has 194 valence electrons. The standard InChI is InChI=1S/C33H34N2O2S/c1-4-38-30-21-15-25(16-22-30)23-31(36)34-29-19-17-28(18-20-29)33(2,3)32(27-13-9-6-10-14-27)35-37-24-26-11-7-5-8-12-26/h5-22H,4,23-24H2,1-3H3,(H,34,36)/b35-32+. The fourth-order valence-electron chi connectivity index (χ4n) is 4.24. The van der Waals surface area contributed by atoms with Gasteiger partial charge in [-0.15, -0.1) is 11.8 Å². The van der Waals surface area contributed by atoms with Crippen molar-refractivity contribution in [3.05, 3.63) is 131 Å². The van der Waals surface area contributed by atoms with Gasteiger partial charge in [-0.25, -0.2) is 0 Å². The average Bonchev–Trinajstić information content (AvgIpc) is 2.93. The van der Waals surface area contributed by atoms with Crippen LogP contribution in [0.5, 0.6) is 0 Å². The molecule has 0 spiro atoms. The van der Waals surface area contributed by atoms with Crippen molar-refractivity contribution in [3.63, 3.8) is 0 Å². The number of amides is 1. The summed E-state index contributed by atoms with van der Waals surface area (Å²) in [7, 11) is 0. The van der Waals surface area contributed by atoms with Crippen LogP contribution in [0.25, 0.3) is 0 Å². The molecule has 1 amide bonds. The highest BCUT2D eigenvalue weighted by atomic mass is 32.2. The van der Waals surface area contributed by atoms with Crippen molar-refractivity contribution in [2.24, 2.45) is 5.16 Å². The second kappa shape index (κ2) is 13.1. The van der Waals surface area contributed by atoms with Gasteiger partial charge in [0.15, 0.2) is 0 Å². The number of hydrogen-bond acceptors (Lipinski definition) is 4. The first-order valence-corrected chi connectivity index (χ1v) is 13.9. The van der Waals surface area contributed by atoms with E-state index in [-0.39, 0.29) is 5.91 Å². The lowest BCUT2D eigenvalue weighted by molar-refractivity contribution is -0.115. The van der Waals surface area contributed by atoms with Gasteiger partial charge < -0.3 is 10.2 Å². The number of nitrogens with one attached hydrogen (secondary N) is 1. The van der Waals surface area contributed by atoms with Crippen LogP contribution in [0.1, 0.15) is 43.0 Å². The fraction of sp³-hybridized carbons (Fsp3) is 0.212. The Balaban J connectivity index is 1.46. The Morgan fingerprint density at radius 3 is 2.08 bits per heavy atom. The molecule has 0 radical (unpaired) electrons. The van der Waals surface area contributed by atoms with E-state index in [1.807, 2.05) is 84.9 Å². The van der Waals surface area contributed by atoms with Gasteiger partial charge in [-0.05, 0) is 46.7 Å². The number of oxime groups is 1. The Bertz CT molecular complexity index is 1330. The highest BCUT2D eigenvalue weighted by Gasteiger charge is 2.29. The first kappa shape index (κ1) is 27.2. The Morgan fingerprint density at radius 2 is 1.45 bits per heavy atom. The van der Waals surface area contributed by atoms with Crippen LogP contribution in [0.3, 0.4) is 0 Å². The van der Waals surface area contributed by atoms with Crippen LogP contribution in [0.15, 0.2) is 119 Å². The maximum absolute atomic E-state index is 12.7. The summed E-state index contributed by atoms with van der Waals surface area (Å²) in [5, 5.41) is 7.64. The third-order valence-electron chi connectivity index (χ3n) is 6.36. The van der Waals surface area contributed by atoms with E-state index in [1.54, 1.807) is 11.8 Å². The number of thioether (sulfide) groups is 1. The van der Waals surface area contributed by atoms with Crippen LogP contribution in [-0.2, 0) is 28.1 Å². The fourth-order valence-corrected chi connectivity index (χ4v) is 4.90. The molecule has 4 aromatic carbocycles. The molecule has 1 N–H and O–H groups in total. The van der Waals surface area contributed by atoms with E-state index in [0.29, 0.717) is 13.0 Å². The number of rotatable bonds is 11. The second-order valence-corrected chi connectivity index (χ2v) is 10.9. The predicted octanol–water partition coefficient (Wildman–Crippen LogP) is 7.88. The lowest BCUT2D eigenvalue weighted by atomic mass is 9.77. The van der Waals surface area contributed by atoms with Gasteiger partial charge in [-0.3, -0.25) is 4.79 Å². The summed E-state index contributed by atoms with van der Waals surface area (Å²) in [6, 6.07) is 36.3. The maximum atomic E-state index is 12.7. The van der Waals surface area contributed by atoms with E-state index in [2.05, 4.69) is 55.5 Å². The molecule has 0 aromatic heterocycles. The van der Waals surface area contributed by atoms with Crippen molar-refractivity contribution in [2.45, 2.75) is 44.1 Å². The molecular weight excluding hydrogens is 488 g/mol. The molecule has 0 heterocycles. The van der Waals surface area contributed by atoms with Crippen molar-refractivity contribution >= 4 is 29.1 Å². The Labute approximate surface area is 230 Å². The van der Waals surface area contributed by atoms with Gasteiger partial charge in [-0.1, -0.05) is 111 Å². The van der Waals surface area contributed by atoms with Gasteiger partial charge in [0, 0.05) is 21.6 Å². The third kappa shape index (κ3) is 7.36. The van der Waals surface area contributed by atoms with Crippen molar-refractivity contribution in [2.75, 3.05) is 11.1 Å². The first-order valence-electron chi connectivity index (χ1n) is 12.9. The molecule has 0 unspecified atom stereocenters. The van der Waals surface area contributed by atoms with E-state index in [1.165, 1.54) is 4.90 Å². The molecule has 4 rings (SSSR count). The molecule has 4 aromatic rings. The summed E-state index contributed by atoms with van der Waals surface area (Å²) in [6.07, 6.45) is 0.341. The summed E-state index contributed by atoms with van der Waals surface area (Å²) in [5.41, 5.74) is 5.33. The number of carbonyl (C=O) groups is 1. The van der Waals surface area contributed by atoms with Gasteiger partial charge in [0.1, 0.15) is 6.61 Å². The summed E-state index contributed by atoms with van der Waals surface area (Å²) in [6.45, 7) is 6.81. The molecule has 0 bridgehead atoms. The molecular formula is C33H34N2O2S. The molecule has 0 aliphatic rings. The zero-order valence-corrected chi connectivity index (χ0v) is 23.0. The van der Waals surface area contributed by atoms with E-state index in [4.69, 9.17) is 4.84 Å². The van der Waals surface area contributed by atoms with Gasteiger partial charge >= 0.3 is 0 Å². The van der Waals surface area contributed by atoms with E-state index >= 15 is 0 Å². The minimum Gasteiger partial charge on any atom is -0.391 e. The normalized spacial score (nSPS) is 11.7. The van der Waals surface area contributed by atoms with Gasteiger partial charge in [0.05, 0.1) is 12.1 Å². The number of anilines is 1. The van der Waals surface area contributed by atoms with Crippen molar-refractivity contribution in [1.29, 1.82) is 0 Å². The van der Waals surface area contributed by atoms with Crippen molar-refractivity contribution in [1.82, 2.24) is 0 Å². The van der Waals surface area contributed by atoms with Crippen LogP contribution in [0.4, 0.5) is 5.69 Å². The average molecular weight is 523 g/mol. The smallest absolute Gasteiger partial charge is 0.228 e. The summed E-state index contributed by atoms with van der Waals surface area (Å²) >= 11 is 1.80. The molecule has 0 atom stereocenters. The highest BCUT2D eigenvalue weighted by Crippen LogP contribution is 2.30. The first-order chi connectivity index (χ1) is 18.5. The Kier molecular flexibility index (Phi) is 9.39. The summed E-state index contributed by atoms with van der Waals surface area (Å²) in [4.78, 5) is 19.7. The quantitative estimate of drug-likeness (QED) is 0.124. The van der Waals surface area contributed by atoms with Gasteiger partial charge in [0.25, 0.3) is 0 Å². The monoisotopic (exact) mass is 522 g/mol. The highest BCUT2D eigenvalue weighted by molar-refractivity contribution is 7.99. The third-order valence-corrected chi connectivity index (χ3v) is 7.25. The van der Waals surface area contributed by atoms with Gasteiger partial charge in [0.2, 0.25) is 5.91 Å². The summed E-state index contributed by atoms with van der Waals surface area (Å²) in [5.74, 6) is 1.00. The maximum Gasteiger partial charge on any atom is 0.228 e. The van der Waals surface area contributed by atoms with Crippen LogP contribution in [-0.4, -0.2) is 17.4 Å². The molecule has 4 nitrogen and oxygen atoms in total. The van der Waals surface area contributed by atoms with E-state index in [9.17, 15) is 4.79 Å². The van der Waals surface area contributed by atoms with Gasteiger partial charge in [-0.2, -0.15) is 0 Å². The lowest BCUT2D eigenvalue weighted by Crippen LogP contribution is -2.30. The number of benzene rings is 4. The number of carbonyl (C=O) groups excluding carboxylic acids is 1. The van der Waals surface area contributed by atoms with Crippen LogP contribution < -0.4 is 5.32 Å². The second-order valence-electron chi connectivity index (χ2n) is 9.57. The van der Waals surface area contributed by atoms with Crippen molar-refractivity contribution < 1.29 is 9.63 Å². The van der Waals surface area contributed by atoms with Crippen LogP contribution >= 0.6 is 11.8 Å². The zero-order chi connectivity index (χ0) is 26.8. The molecule has 0 fully saturated rings. The molecule has 38 heavy (non-hydrogen) atoms. The molecule has 0 saturated carbocycles. The predicted molar refractivity (Wildman–Crippen MR) is 159 cm³/mol. The van der Waals surface area contributed by atoms with E-state index in [0.717, 1.165) is 39.4 Å². The van der Waals surface area contributed by atoms with E-state index < -0.39 is 5.41 Å². The Morgan fingerprint density at radius 1 is 0.816 bits per heavy atom. The largest absolute Gasteiger partial charge is 0.391 e. The van der Waals surface area contributed by atoms with Crippen molar-refractivity contribution in [3.8, 4) is 0 Å². The van der Waals surface area contributed by atoms with Crippen LogP contribution in [0, 0.1) is 0 Å². The summed E-state index contributed by atoms with van der Waals surface area (Å²) < 4.78 is 0. The minimum atomic E-state index is -0.432. The Hall–Kier alpha value is -3.83. The zero-order valence-electron chi connectivity index (χ0n) is 22.2. The molecule has 5 heteroatoms. The minimum absolute atomic E-state index is 0.0336. The lowest BCUT2D eigenvalue weighted by Gasteiger charge is -2.27. The van der Waals surface area contributed by atoms with Crippen LogP contribution in [0.2, 0.25) is 0 Å². The SMILES string of the molecule is CCSc1ccc(CC(=O)Nc2ccc(C(C)(C)/C(=N/OCc3ccccc3)c3ccccc3)cc2)cc1. The number of hydrogen-bond donors (Lipinski definition) is 1. The molecule has 0 saturated heterocycles.